The molecule has 94 valence electrons. The van der Waals surface area contributed by atoms with Gasteiger partial charge in [0, 0.05) is 24.6 Å². The summed E-state index contributed by atoms with van der Waals surface area (Å²) in [7, 11) is 1.83. The number of hydrogen-bond acceptors (Lipinski definition) is 3. The molecule has 1 aliphatic heterocycles. The fourth-order valence-electron chi connectivity index (χ4n) is 3.04. The predicted octanol–water partition coefficient (Wildman–Crippen LogP) is 1.53. The van der Waals surface area contributed by atoms with E-state index in [9.17, 15) is 0 Å². The first kappa shape index (κ1) is 12.3. The highest BCUT2D eigenvalue weighted by Crippen LogP contribution is 2.42. The van der Waals surface area contributed by atoms with E-state index in [0.29, 0.717) is 23.6 Å². The normalized spacial score (nSPS) is 38.8. The van der Waals surface area contributed by atoms with Crippen LogP contribution in [0.3, 0.4) is 0 Å². The highest BCUT2D eigenvalue weighted by Gasteiger charge is 2.48. The Labute approximate surface area is 99.3 Å². The lowest BCUT2D eigenvalue weighted by atomic mass is 9.64. The Balaban J connectivity index is 1.81. The van der Waals surface area contributed by atoms with Crippen LogP contribution in [0.1, 0.15) is 39.5 Å². The molecule has 16 heavy (non-hydrogen) atoms. The van der Waals surface area contributed by atoms with Gasteiger partial charge in [0.05, 0.1) is 6.10 Å². The van der Waals surface area contributed by atoms with Crippen LogP contribution in [-0.4, -0.2) is 38.4 Å². The highest BCUT2D eigenvalue weighted by molar-refractivity contribution is 5.03. The summed E-state index contributed by atoms with van der Waals surface area (Å²) in [6, 6.07) is 1.35. The van der Waals surface area contributed by atoms with Gasteiger partial charge < -0.3 is 15.4 Å². The Morgan fingerprint density at radius 1 is 1.25 bits per heavy atom. The van der Waals surface area contributed by atoms with Gasteiger partial charge in [-0.3, -0.25) is 0 Å². The highest BCUT2D eigenvalue weighted by atomic mass is 16.5. The first-order valence-electron chi connectivity index (χ1n) is 6.64. The van der Waals surface area contributed by atoms with Gasteiger partial charge in [-0.05, 0) is 38.8 Å². The van der Waals surface area contributed by atoms with Crippen molar-refractivity contribution in [2.75, 3.05) is 20.2 Å². The smallest absolute Gasteiger partial charge is 0.0652 e. The molecular weight excluding hydrogens is 200 g/mol. The van der Waals surface area contributed by atoms with Gasteiger partial charge in [-0.15, -0.1) is 0 Å². The van der Waals surface area contributed by atoms with Crippen LogP contribution in [0.25, 0.3) is 0 Å². The zero-order chi connectivity index (χ0) is 11.6. The van der Waals surface area contributed by atoms with E-state index in [1.54, 1.807) is 0 Å². The van der Waals surface area contributed by atoms with E-state index in [1.807, 2.05) is 7.11 Å². The topological polar surface area (TPSA) is 33.3 Å². The third kappa shape index (κ3) is 2.41. The number of hydrogen-bond donors (Lipinski definition) is 2. The molecule has 3 unspecified atom stereocenters. The van der Waals surface area contributed by atoms with E-state index in [2.05, 4.69) is 24.5 Å². The van der Waals surface area contributed by atoms with E-state index in [4.69, 9.17) is 4.74 Å². The van der Waals surface area contributed by atoms with Gasteiger partial charge in [-0.25, -0.2) is 0 Å². The minimum atomic E-state index is 0.300. The lowest BCUT2D eigenvalue weighted by molar-refractivity contribution is -0.100. The largest absolute Gasteiger partial charge is 0.381 e. The molecule has 0 radical (unpaired) electrons. The van der Waals surface area contributed by atoms with Crippen LogP contribution in [0.15, 0.2) is 0 Å². The van der Waals surface area contributed by atoms with Crippen molar-refractivity contribution in [2.24, 2.45) is 5.41 Å². The molecule has 3 heteroatoms. The van der Waals surface area contributed by atoms with Crippen molar-refractivity contribution in [2.45, 2.75) is 57.7 Å². The Morgan fingerprint density at radius 3 is 2.75 bits per heavy atom. The maximum absolute atomic E-state index is 5.49. The fourth-order valence-corrected chi connectivity index (χ4v) is 3.04. The molecule has 1 saturated heterocycles. The average Bonchev–Trinajstić information content (AvgIpc) is 2.52. The van der Waals surface area contributed by atoms with Crippen LogP contribution in [0.4, 0.5) is 0 Å². The molecule has 0 aromatic heterocycles. The van der Waals surface area contributed by atoms with E-state index in [-0.39, 0.29) is 0 Å². The lowest BCUT2D eigenvalue weighted by Crippen LogP contribution is -2.62. The van der Waals surface area contributed by atoms with Crippen LogP contribution in [0.5, 0.6) is 0 Å². The van der Waals surface area contributed by atoms with Crippen molar-refractivity contribution in [3.05, 3.63) is 0 Å². The van der Waals surface area contributed by atoms with Crippen LogP contribution in [-0.2, 0) is 4.74 Å². The molecule has 0 amide bonds. The van der Waals surface area contributed by atoms with E-state index < -0.39 is 0 Å². The summed E-state index contributed by atoms with van der Waals surface area (Å²) in [5, 5.41) is 7.29. The molecule has 0 spiro atoms. The van der Waals surface area contributed by atoms with Crippen LogP contribution >= 0.6 is 0 Å². The van der Waals surface area contributed by atoms with Crippen LogP contribution in [0.2, 0.25) is 0 Å². The first-order valence-corrected chi connectivity index (χ1v) is 6.64. The summed E-state index contributed by atoms with van der Waals surface area (Å²) >= 11 is 0. The van der Waals surface area contributed by atoms with Crippen molar-refractivity contribution in [1.29, 1.82) is 0 Å². The van der Waals surface area contributed by atoms with Gasteiger partial charge in [0.1, 0.15) is 0 Å². The zero-order valence-electron chi connectivity index (χ0n) is 10.9. The molecule has 3 nitrogen and oxygen atoms in total. The Kier molecular flexibility index (Phi) is 3.88. The standard InChI is InChI=1S/C13H26N2O/c1-13(2)11(9-12(13)16-3)15-10-5-4-7-14-8-6-10/h10-12,14-15H,4-9H2,1-3H3. The molecule has 0 bridgehead atoms. The Morgan fingerprint density at radius 2 is 2.06 bits per heavy atom. The maximum Gasteiger partial charge on any atom is 0.0652 e. The molecule has 2 N–H and O–H groups in total. The molecule has 2 rings (SSSR count). The molecule has 0 aromatic carbocycles. The lowest BCUT2D eigenvalue weighted by Gasteiger charge is -2.52. The van der Waals surface area contributed by atoms with E-state index in [0.717, 1.165) is 0 Å². The summed E-state index contributed by atoms with van der Waals surface area (Å²) in [5.74, 6) is 0. The van der Waals surface area contributed by atoms with Gasteiger partial charge in [0.2, 0.25) is 0 Å². The molecule has 3 atom stereocenters. The third-order valence-corrected chi connectivity index (χ3v) is 4.47. The monoisotopic (exact) mass is 226 g/mol. The third-order valence-electron chi connectivity index (χ3n) is 4.47. The predicted molar refractivity (Wildman–Crippen MR) is 66.6 cm³/mol. The van der Waals surface area contributed by atoms with Crippen LogP contribution in [0, 0.1) is 5.41 Å². The quantitative estimate of drug-likeness (QED) is 0.766. The molecule has 2 aliphatic rings. The number of methoxy groups -OCH3 is 1. The number of nitrogens with one attached hydrogen (secondary N) is 2. The van der Waals surface area contributed by atoms with E-state index in [1.165, 1.54) is 38.8 Å². The second kappa shape index (κ2) is 5.03. The molecular formula is C13H26N2O. The average molecular weight is 226 g/mol. The van der Waals surface area contributed by atoms with Gasteiger partial charge in [0.25, 0.3) is 0 Å². The molecule has 2 fully saturated rings. The summed E-state index contributed by atoms with van der Waals surface area (Å²) in [5.41, 5.74) is 0.300. The minimum Gasteiger partial charge on any atom is -0.381 e. The fraction of sp³-hybridized carbons (Fsp3) is 1.00. The second-order valence-corrected chi connectivity index (χ2v) is 5.88. The maximum atomic E-state index is 5.49. The minimum absolute atomic E-state index is 0.300. The summed E-state index contributed by atoms with van der Waals surface area (Å²) in [4.78, 5) is 0. The van der Waals surface area contributed by atoms with Crippen molar-refractivity contribution in [3.8, 4) is 0 Å². The van der Waals surface area contributed by atoms with E-state index >= 15 is 0 Å². The summed E-state index contributed by atoms with van der Waals surface area (Å²) in [6.45, 7) is 6.99. The number of rotatable bonds is 3. The first-order chi connectivity index (χ1) is 7.64. The summed E-state index contributed by atoms with van der Waals surface area (Å²) < 4.78 is 5.49. The van der Waals surface area contributed by atoms with Gasteiger partial charge in [0.15, 0.2) is 0 Å². The Bertz CT molecular complexity index is 222. The van der Waals surface area contributed by atoms with Gasteiger partial charge in [-0.1, -0.05) is 13.8 Å². The second-order valence-electron chi connectivity index (χ2n) is 5.88. The van der Waals surface area contributed by atoms with Crippen LogP contribution < -0.4 is 10.6 Å². The zero-order valence-corrected chi connectivity index (χ0v) is 10.9. The SMILES string of the molecule is COC1CC(NC2CCCNCC2)C1(C)C. The molecule has 1 saturated carbocycles. The molecule has 1 heterocycles. The van der Waals surface area contributed by atoms with Gasteiger partial charge >= 0.3 is 0 Å². The van der Waals surface area contributed by atoms with Gasteiger partial charge in [-0.2, -0.15) is 0 Å². The molecule has 0 aromatic rings. The Hall–Kier alpha value is -0.120. The summed E-state index contributed by atoms with van der Waals surface area (Å²) in [6.07, 6.45) is 5.50. The number of ether oxygens (including phenoxy) is 1. The van der Waals surface area contributed by atoms with Crippen molar-refractivity contribution in [3.63, 3.8) is 0 Å². The van der Waals surface area contributed by atoms with Crippen molar-refractivity contribution >= 4 is 0 Å². The van der Waals surface area contributed by atoms with Crippen molar-refractivity contribution < 1.29 is 4.74 Å². The molecule has 1 aliphatic carbocycles. The van der Waals surface area contributed by atoms with Crippen molar-refractivity contribution in [1.82, 2.24) is 10.6 Å².